The van der Waals surface area contributed by atoms with Crippen molar-refractivity contribution >= 4 is 11.6 Å². The van der Waals surface area contributed by atoms with Gasteiger partial charge in [0.2, 0.25) is 5.96 Å². The molecule has 0 atom stereocenters. The van der Waals surface area contributed by atoms with Crippen molar-refractivity contribution in [2.45, 2.75) is 13.8 Å². The van der Waals surface area contributed by atoms with E-state index < -0.39 is 0 Å². The number of rotatable bonds is 1. The van der Waals surface area contributed by atoms with Crippen LogP contribution < -0.4 is 10.6 Å². The summed E-state index contributed by atoms with van der Waals surface area (Å²) in [5.41, 5.74) is 2.63. The van der Waals surface area contributed by atoms with Crippen molar-refractivity contribution in [2.75, 3.05) is 19.0 Å². The molecule has 20 heavy (non-hydrogen) atoms. The standard InChI is InChI=1S/C15H20N4O/c1-11-12(2)20-15(18(11)4)17-14(16-3)19(5)13-9-7-6-8-10-13/h6-10H,1-5H3. The maximum Gasteiger partial charge on any atom is 0.304 e. The van der Waals surface area contributed by atoms with Gasteiger partial charge >= 0.3 is 5.68 Å². The van der Waals surface area contributed by atoms with E-state index in [1.54, 1.807) is 7.05 Å². The molecule has 0 aliphatic rings. The van der Waals surface area contributed by atoms with Crippen molar-refractivity contribution in [3.63, 3.8) is 0 Å². The molecule has 5 nitrogen and oxygen atoms in total. The Morgan fingerprint density at radius 2 is 1.85 bits per heavy atom. The number of hydrogen-bond acceptors (Lipinski definition) is 2. The minimum absolute atomic E-state index is 0.545. The average Bonchev–Trinajstić information content (AvgIpc) is 2.72. The molecule has 2 rings (SSSR count). The highest BCUT2D eigenvalue weighted by Crippen LogP contribution is 2.12. The fourth-order valence-electron chi connectivity index (χ4n) is 1.88. The van der Waals surface area contributed by atoms with Gasteiger partial charge < -0.3 is 9.32 Å². The van der Waals surface area contributed by atoms with Crippen molar-refractivity contribution in [3.8, 4) is 0 Å². The summed E-state index contributed by atoms with van der Waals surface area (Å²) in [6.45, 7) is 3.93. The molecule has 0 unspecified atom stereocenters. The van der Waals surface area contributed by atoms with Crippen molar-refractivity contribution < 1.29 is 4.42 Å². The van der Waals surface area contributed by atoms with Gasteiger partial charge in [0.05, 0.1) is 5.69 Å². The van der Waals surface area contributed by atoms with Gasteiger partial charge in [-0.05, 0) is 26.0 Å². The third-order valence-electron chi connectivity index (χ3n) is 3.38. The molecular weight excluding hydrogens is 252 g/mol. The van der Waals surface area contributed by atoms with Crippen LogP contribution in [0.25, 0.3) is 0 Å². The van der Waals surface area contributed by atoms with Gasteiger partial charge in [0.25, 0.3) is 0 Å². The molecular formula is C15H20N4O. The summed E-state index contributed by atoms with van der Waals surface area (Å²) in [4.78, 5) is 10.7. The number of aromatic nitrogens is 1. The molecule has 0 spiro atoms. The maximum atomic E-state index is 5.65. The topological polar surface area (TPSA) is 46.0 Å². The van der Waals surface area contributed by atoms with E-state index in [1.807, 2.05) is 67.7 Å². The van der Waals surface area contributed by atoms with E-state index >= 15 is 0 Å². The highest BCUT2D eigenvalue weighted by atomic mass is 16.4. The zero-order chi connectivity index (χ0) is 14.7. The summed E-state index contributed by atoms with van der Waals surface area (Å²) in [7, 11) is 5.59. The summed E-state index contributed by atoms with van der Waals surface area (Å²) in [5, 5.41) is 0. The highest BCUT2D eigenvalue weighted by Gasteiger charge is 2.09. The predicted octanol–water partition coefficient (Wildman–Crippen LogP) is 2.26. The largest absolute Gasteiger partial charge is 0.428 e. The van der Waals surface area contributed by atoms with Gasteiger partial charge in [-0.3, -0.25) is 9.56 Å². The molecule has 1 aromatic carbocycles. The third-order valence-corrected chi connectivity index (χ3v) is 3.38. The first kappa shape index (κ1) is 14.1. The average molecular weight is 272 g/mol. The second-order valence-corrected chi connectivity index (χ2v) is 4.62. The zero-order valence-electron chi connectivity index (χ0n) is 12.6. The fourth-order valence-corrected chi connectivity index (χ4v) is 1.88. The first-order valence-electron chi connectivity index (χ1n) is 6.48. The summed E-state index contributed by atoms with van der Waals surface area (Å²) < 4.78 is 7.57. The highest BCUT2D eigenvalue weighted by molar-refractivity contribution is 5.96. The Morgan fingerprint density at radius 3 is 2.35 bits per heavy atom. The molecule has 0 bridgehead atoms. The van der Waals surface area contributed by atoms with Crippen LogP contribution in [0, 0.1) is 13.8 Å². The van der Waals surface area contributed by atoms with Crippen LogP contribution in [-0.4, -0.2) is 24.6 Å². The van der Waals surface area contributed by atoms with Crippen LogP contribution in [0.1, 0.15) is 11.5 Å². The Hall–Kier alpha value is -2.30. The van der Waals surface area contributed by atoms with Gasteiger partial charge in [-0.15, -0.1) is 0 Å². The predicted molar refractivity (Wildman–Crippen MR) is 80.9 cm³/mol. The van der Waals surface area contributed by atoms with Gasteiger partial charge in [0.15, 0.2) is 0 Å². The maximum absolute atomic E-state index is 5.65. The van der Waals surface area contributed by atoms with Crippen LogP contribution in [0.4, 0.5) is 5.69 Å². The Labute approximate surface area is 118 Å². The molecule has 0 N–H and O–H groups in total. The molecule has 0 amide bonds. The second kappa shape index (κ2) is 5.77. The number of para-hydroxylation sites is 1. The molecule has 1 aromatic heterocycles. The summed E-state index contributed by atoms with van der Waals surface area (Å²) in [6.07, 6.45) is 0. The van der Waals surface area contributed by atoms with E-state index in [0.717, 1.165) is 17.1 Å². The molecule has 0 saturated heterocycles. The van der Waals surface area contributed by atoms with Crippen LogP contribution >= 0.6 is 0 Å². The molecule has 2 aromatic rings. The van der Waals surface area contributed by atoms with Crippen molar-refractivity contribution in [1.82, 2.24) is 4.57 Å². The van der Waals surface area contributed by atoms with Crippen LogP contribution in [-0.2, 0) is 7.05 Å². The van der Waals surface area contributed by atoms with Crippen LogP contribution in [0.2, 0.25) is 0 Å². The van der Waals surface area contributed by atoms with E-state index in [0.29, 0.717) is 11.6 Å². The third kappa shape index (κ3) is 2.66. The SMILES string of the molecule is CN=C(N=c1oc(C)c(C)n1C)N(C)c1ccccc1. The lowest BCUT2D eigenvalue weighted by Crippen LogP contribution is -2.28. The van der Waals surface area contributed by atoms with Crippen molar-refractivity contribution in [2.24, 2.45) is 17.0 Å². The first-order chi connectivity index (χ1) is 9.54. The van der Waals surface area contributed by atoms with Crippen molar-refractivity contribution in [1.29, 1.82) is 0 Å². The van der Waals surface area contributed by atoms with Crippen LogP contribution in [0.3, 0.4) is 0 Å². The van der Waals surface area contributed by atoms with Crippen LogP contribution in [0.5, 0.6) is 0 Å². The quantitative estimate of drug-likeness (QED) is 0.590. The molecule has 0 fully saturated rings. The minimum atomic E-state index is 0.545. The monoisotopic (exact) mass is 272 g/mol. The van der Waals surface area contributed by atoms with E-state index in [4.69, 9.17) is 4.42 Å². The zero-order valence-corrected chi connectivity index (χ0v) is 12.6. The second-order valence-electron chi connectivity index (χ2n) is 4.62. The van der Waals surface area contributed by atoms with Gasteiger partial charge in [0.1, 0.15) is 5.76 Å². The lowest BCUT2D eigenvalue weighted by molar-refractivity contribution is 0.458. The van der Waals surface area contributed by atoms with Crippen LogP contribution in [0.15, 0.2) is 44.7 Å². The molecule has 0 radical (unpaired) electrons. The number of guanidine groups is 1. The molecule has 0 aliphatic carbocycles. The van der Waals surface area contributed by atoms with Gasteiger partial charge in [0, 0.05) is 26.8 Å². The van der Waals surface area contributed by atoms with E-state index in [-0.39, 0.29) is 0 Å². The van der Waals surface area contributed by atoms with Gasteiger partial charge in [-0.25, -0.2) is 0 Å². The van der Waals surface area contributed by atoms with E-state index in [2.05, 4.69) is 9.98 Å². The molecule has 106 valence electrons. The van der Waals surface area contributed by atoms with E-state index in [1.165, 1.54) is 0 Å². The number of aliphatic imine (C=N–C) groups is 1. The molecule has 0 aliphatic heterocycles. The Kier molecular flexibility index (Phi) is 4.08. The fraction of sp³-hybridized carbons (Fsp3) is 0.333. The number of oxazole rings is 1. The Morgan fingerprint density at radius 1 is 1.20 bits per heavy atom. The smallest absolute Gasteiger partial charge is 0.304 e. The summed E-state index contributed by atoms with van der Waals surface area (Å²) in [6, 6.07) is 9.98. The van der Waals surface area contributed by atoms with Crippen molar-refractivity contribution in [3.05, 3.63) is 47.5 Å². The summed E-state index contributed by atoms with van der Waals surface area (Å²) in [5.74, 6) is 1.46. The molecule has 1 heterocycles. The van der Waals surface area contributed by atoms with Gasteiger partial charge in [-0.2, -0.15) is 4.99 Å². The molecule has 0 saturated carbocycles. The lowest BCUT2D eigenvalue weighted by atomic mass is 10.3. The Balaban J connectivity index is 2.42. The van der Waals surface area contributed by atoms with E-state index in [9.17, 15) is 0 Å². The number of hydrogen-bond donors (Lipinski definition) is 0. The lowest BCUT2D eigenvalue weighted by Gasteiger charge is -2.17. The Bertz CT molecular complexity index is 680. The number of anilines is 1. The molecule has 5 heteroatoms. The number of aryl methyl sites for hydroxylation is 1. The number of nitrogens with zero attached hydrogens (tertiary/aromatic N) is 4. The number of benzene rings is 1. The van der Waals surface area contributed by atoms with Gasteiger partial charge in [-0.1, -0.05) is 18.2 Å². The summed E-state index contributed by atoms with van der Waals surface area (Å²) >= 11 is 0. The minimum Gasteiger partial charge on any atom is -0.428 e. The normalized spacial score (nSPS) is 12.8. The first-order valence-corrected chi connectivity index (χ1v) is 6.48.